The Balaban J connectivity index is 1.07. The zero-order valence-electron chi connectivity index (χ0n) is 20.5. The summed E-state index contributed by atoms with van der Waals surface area (Å²) in [4.78, 5) is 11.4. The van der Waals surface area contributed by atoms with E-state index in [1.54, 1.807) is 0 Å². The first-order valence-electron chi connectivity index (χ1n) is 13.5. The van der Waals surface area contributed by atoms with Gasteiger partial charge >= 0.3 is 0 Å². The highest BCUT2D eigenvalue weighted by Crippen LogP contribution is 2.28. The molecule has 186 valence electrons. The number of rotatable bonds is 11. The van der Waals surface area contributed by atoms with Gasteiger partial charge in [0.1, 0.15) is 11.6 Å². The summed E-state index contributed by atoms with van der Waals surface area (Å²) < 4.78 is 0. The third kappa shape index (κ3) is 8.26. The van der Waals surface area contributed by atoms with Gasteiger partial charge in [-0.3, -0.25) is 0 Å². The molecule has 0 aromatic carbocycles. The van der Waals surface area contributed by atoms with Gasteiger partial charge in [-0.05, 0) is 76.4 Å². The molecule has 3 fully saturated rings. The molecule has 33 heavy (non-hydrogen) atoms. The maximum absolute atomic E-state index is 6.06. The zero-order valence-corrected chi connectivity index (χ0v) is 20.5. The zero-order chi connectivity index (χ0) is 22.7. The smallest absolute Gasteiger partial charge is 0.226 e. The first-order valence-corrected chi connectivity index (χ1v) is 13.5. The maximum Gasteiger partial charge on any atom is 0.226 e. The molecule has 6 N–H and O–H groups in total. The van der Waals surface area contributed by atoms with Crippen molar-refractivity contribution in [3.8, 4) is 0 Å². The topological polar surface area (TPSA) is 103 Å². The predicted octanol–water partition coefficient (Wildman–Crippen LogP) is 2.59. The van der Waals surface area contributed by atoms with Crippen LogP contribution in [0, 0.1) is 11.8 Å². The number of nitrogens with two attached hydrogens (primary N) is 1. The molecule has 1 aliphatic heterocycles. The summed E-state index contributed by atoms with van der Waals surface area (Å²) in [5.41, 5.74) is 6.06. The van der Waals surface area contributed by atoms with Crippen LogP contribution in [0.2, 0.25) is 0 Å². The van der Waals surface area contributed by atoms with Crippen LogP contribution in [0.1, 0.15) is 64.2 Å². The summed E-state index contributed by atoms with van der Waals surface area (Å²) in [6, 6.07) is 2.68. The molecule has 0 unspecified atom stereocenters. The number of nitrogen functional groups attached to an aromatic ring is 1. The molecule has 1 aromatic heterocycles. The third-order valence-electron chi connectivity index (χ3n) is 7.69. The number of hydrogen-bond donors (Lipinski definition) is 5. The number of aromatic nitrogens is 2. The van der Waals surface area contributed by atoms with E-state index in [4.69, 9.17) is 10.7 Å². The van der Waals surface area contributed by atoms with Crippen molar-refractivity contribution >= 4 is 17.6 Å². The van der Waals surface area contributed by atoms with Crippen molar-refractivity contribution in [2.24, 2.45) is 11.8 Å². The van der Waals surface area contributed by atoms with Crippen molar-refractivity contribution in [3.63, 3.8) is 0 Å². The number of anilines is 3. The number of piperazine rings is 1. The Morgan fingerprint density at radius 1 is 0.909 bits per heavy atom. The molecule has 1 aromatic rings. The normalized spacial score (nSPS) is 24.7. The Morgan fingerprint density at radius 3 is 2.39 bits per heavy atom. The van der Waals surface area contributed by atoms with Crippen LogP contribution in [0.25, 0.3) is 0 Å². The highest BCUT2D eigenvalue weighted by molar-refractivity contribution is 5.51. The Morgan fingerprint density at radius 2 is 1.64 bits per heavy atom. The van der Waals surface area contributed by atoms with Gasteiger partial charge in [0, 0.05) is 44.8 Å². The van der Waals surface area contributed by atoms with E-state index in [1.807, 2.05) is 6.07 Å². The van der Waals surface area contributed by atoms with E-state index in [0.29, 0.717) is 17.7 Å². The van der Waals surface area contributed by atoms with E-state index in [-0.39, 0.29) is 0 Å². The van der Waals surface area contributed by atoms with Gasteiger partial charge in [0.2, 0.25) is 5.95 Å². The molecule has 0 bridgehead atoms. The number of nitrogens with one attached hydrogen (secondary N) is 4. The van der Waals surface area contributed by atoms with E-state index in [2.05, 4.69) is 31.2 Å². The largest absolute Gasteiger partial charge is 0.383 e. The minimum absolute atomic E-state index is 0.546. The van der Waals surface area contributed by atoms with E-state index in [0.717, 1.165) is 57.0 Å². The summed E-state index contributed by atoms with van der Waals surface area (Å²) in [6.07, 6.45) is 13.5. The predicted molar refractivity (Wildman–Crippen MR) is 138 cm³/mol. The minimum Gasteiger partial charge on any atom is -0.383 e. The first-order chi connectivity index (χ1) is 16.3. The van der Waals surface area contributed by atoms with Crippen LogP contribution in [0.5, 0.6) is 0 Å². The van der Waals surface area contributed by atoms with Crippen molar-refractivity contribution in [1.29, 1.82) is 0 Å². The van der Waals surface area contributed by atoms with Crippen LogP contribution in [0.3, 0.4) is 0 Å². The average Bonchev–Trinajstić information content (AvgIpc) is 2.86. The molecule has 0 spiro atoms. The van der Waals surface area contributed by atoms with E-state index in [1.165, 1.54) is 77.3 Å². The SMILES string of the molecule is Nc1cc(N2CCNCC2)nc(NCC2CCC(CNCCCNC3CCCCC3)CC2)n1. The Kier molecular flexibility index (Phi) is 9.87. The van der Waals surface area contributed by atoms with Gasteiger partial charge in [0.25, 0.3) is 0 Å². The highest BCUT2D eigenvalue weighted by atomic mass is 15.3. The quantitative estimate of drug-likeness (QED) is 0.323. The Labute approximate surface area is 200 Å². The molecule has 8 heteroatoms. The van der Waals surface area contributed by atoms with Crippen LogP contribution in [-0.2, 0) is 0 Å². The molecule has 2 aliphatic carbocycles. The van der Waals surface area contributed by atoms with Crippen molar-refractivity contribution in [3.05, 3.63) is 6.07 Å². The van der Waals surface area contributed by atoms with Gasteiger partial charge < -0.3 is 31.9 Å². The van der Waals surface area contributed by atoms with Crippen LogP contribution in [-0.4, -0.2) is 68.4 Å². The second-order valence-electron chi connectivity index (χ2n) is 10.3. The van der Waals surface area contributed by atoms with E-state index < -0.39 is 0 Å². The summed E-state index contributed by atoms with van der Waals surface area (Å²) in [5.74, 6) is 3.69. The second kappa shape index (κ2) is 13.3. The van der Waals surface area contributed by atoms with Crippen LogP contribution >= 0.6 is 0 Å². The summed E-state index contributed by atoms with van der Waals surface area (Å²) in [7, 11) is 0. The molecule has 1 saturated heterocycles. The summed E-state index contributed by atoms with van der Waals surface area (Å²) in [5, 5.41) is 14.3. The third-order valence-corrected chi connectivity index (χ3v) is 7.69. The van der Waals surface area contributed by atoms with Crippen LogP contribution < -0.4 is 31.9 Å². The van der Waals surface area contributed by atoms with Crippen molar-refractivity contribution in [2.75, 3.05) is 68.3 Å². The summed E-state index contributed by atoms with van der Waals surface area (Å²) >= 11 is 0. The van der Waals surface area contributed by atoms with Crippen LogP contribution in [0.4, 0.5) is 17.6 Å². The van der Waals surface area contributed by atoms with E-state index >= 15 is 0 Å². The molecule has 0 amide bonds. The molecule has 2 heterocycles. The van der Waals surface area contributed by atoms with Crippen molar-refractivity contribution in [2.45, 2.75) is 70.3 Å². The molecule has 3 aliphatic rings. The number of hydrogen-bond acceptors (Lipinski definition) is 8. The molecule has 2 saturated carbocycles. The lowest BCUT2D eigenvalue weighted by molar-refractivity contribution is 0.275. The van der Waals surface area contributed by atoms with Gasteiger partial charge in [-0.1, -0.05) is 19.3 Å². The molecule has 0 atom stereocenters. The molecular weight excluding hydrogens is 412 g/mol. The Hall–Kier alpha value is -1.64. The van der Waals surface area contributed by atoms with Gasteiger partial charge in [0.05, 0.1) is 0 Å². The lowest BCUT2D eigenvalue weighted by Crippen LogP contribution is -2.44. The van der Waals surface area contributed by atoms with Gasteiger partial charge in [-0.15, -0.1) is 0 Å². The van der Waals surface area contributed by atoms with Gasteiger partial charge in [-0.2, -0.15) is 9.97 Å². The minimum atomic E-state index is 0.546. The second-order valence-corrected chi connectivity index (χ2v) is 10.3. The molecule has 0 radical (unpaired) electrons. The van der Waals surface area contributed by atoms with Crippen molar-refractivity contribution < 1.29 is 0 Å². The monoisotopic (exact) mass is 458 g/mol. The molecular formula is C25H46N8. The van der Waals surface area contributed by atoms with Gasteiger partial charge in [0.15, 0.2) is 0 Å². The fraction of sp³-hybridized carbons (Fsp3) is 0.840. The Bertz CT molecular complexity index is 679. The fourth-order valence-corrected chi connectivity index (χ4v) is 5.60. The summed E-state index contributed by atoms with van der Waals surface area (Å²) in [6.45, 7) is 8.33. The fourth-order valence-electron chi connectivity index (χ4n) is 5.60. The van der Waals surface area contributed by atoms with Crippen molar-refractivity contribution in [1.82, 2.24) is 25.9 Å². The lowest BCUT2D eigenvalue weighted by atomic mass is 9.82. The molecule has 8 nitrogen and oxygen atoms in total. The standard InChI is InChI=1S/C25H46N8/c26-23-17-24(33-15-13-27-14-16-33)32-25(31-23)30-19-21-9-7-20(8-10-21)18-28-11-4-12-29-22-5-2-1-3-6-22/h17,20-22,27-29H,1-16,18-19H2,(H3,26,30,31,32). The number of nitrogens with zero attached hydrogens (tertiary/aromatic N) is 3. The molecule has 4 rings (SSSR count). The first kappa shape index (κ1) is 24.5. The average molecular weight is 459 g/mol. The highest BCUT2D eigenvalue weighted by Gasteiger charge is 2.21. The van der Waals surface area contributed by atoms with Crippen LogP contribution in [0.15, 0.2) is 6.07 Å². The van der Waals surface area contributed by atoms with E-state index in [9.17, 15) is 0 Å². The maximum atomic E-state index is 6.06. The lowest BCUT2D eigenvalue weighted by Gasteiger charge is -2.30. The van der Waals surface area contributed by atoms with Gasteiger partial charge in [-0.25, -0.2) is 0 Å².